The Balaban J connectivity index is 1.39. The minimum absolute atomic E-state index is 0.221. The molecule has 0 bridgehead atoms. The van der Waals surface area contributed by atoms with Crippen molar-refractivity contribution in [1.82, 2.24) is 20.4 Å². The summed E-state index contributed by atoms with van der Waals surface area (Å²) in [4.78, 5) is 24.2. The normalized spacial score (nSPS) is 20.5. The summed E-state index contributed by atoms with van der Waals surface area (Å²) >= 11 is 0. The third kappa shape index (κ3) is 6.36. The van der Waals surface area contributed by atoms with Gasteiger partial charge in [-0.1, -0.05) is 25.1 Å². The third-order valence-electron chi connectivity index (χ3n) is 6.09. The SMILES string of the molecule is CCNC(=NCC1CCCN1CC)NCCC(=O)N1CCN(c2ccccc2)CC1. The summed E-state index contributed by atoms with van der Waals surface area (Å²) in [5, 5.41) is 6.65. The van der Waals surface area contributed by atoms with Gasteiger partial charge in [-0.3, -0.25) is 14.7 Å². The zero-order valence-electron chi connectivity index (χ0n) is 18.6. The Morgan fingerprint density at radius 1 is 1.07 bits per heavy atom. The molecule has 2 N–H and O–H groups in total. The molecule has 0 spiro atoms. The van der Waals surface area contributed by atoms with E-state index in [1.54, 1.807) is 0 Å². The zero-order chi connectivity index (χ0) is 21.2. The highest BCUT2D eigenvalue weighted by atomic mass is 16.2. The molecule has 0 aromatic heterocycles. The average Bonchev–Trinajstić information content (AvgIpc) is 3.25. The standard InChI is InChI=1S/C23H38N6O/c1-3-24-23(26-19-21-11-8-14-27(21)4-2)25-13-12-22(30)29-17-15-28(16-18-29)20-9-6-5-7-10-20/h5-7,9-10,21H,3-4,8,11-19H2,1-2H3,(H2,24,25,26). The van der Waals surface area contributed by atoms with Gasteiger partial charge in [-0.2, -0.15) is 0 Å². The number of piperazine rings is 1. The first-order chi connectivity index (χ1) is 14.7. The summed E-state index contributed by atoms with van der Waals surface area (Å²) < 4.78 is 0. The summed E-state index contributed by atoms with van der Waals surface area (Å²) in [5.41, 5.74) is 1.24. The van der Waals surface area contributed by atoms with Crippen molar-refractivity contribution in [2.24, 2.45) is 4.99 Å². The van der Waals surface area contributed by atoms with E-state index in [1.165, 1.54) is 25.1 Å². The highest BCUT2D eigenvalue weighted by Crippen LogP contribution is 2.17. The molecular weight excluding hydrogens is 376 g/mol. The lowest BCUT2D eigenvalue weighted by Crippen LogP contribution is -2.49. The van der Waals surface area contributed by atoms with Gasteiger partial charge in [0.15, 0.2) is 5.96 Å². The highest BCUT2D eigenvalue weighted by Gasteiger charge is 2.23. The van der Waals surface area contributed by atoms with Gasteiger partial charge in [0.2, 0.25) is 5.91 Å². The lowest BCUT2D eigenvalue weighted by atomic mass is 10.2. The number of rotatable bonds is 8. The van der Waals surface area contributed by atoms with Crippen LogP contribution in [0, 0.1) is 0 Å². The number of likely N-dealkylation sites (N-methyl/N-ethyl adjacent to an activating group) is 1. The number of nitrogens with zero attached hydrogens (tertiary/aromatic N) is 4. The highest BCUT2D eigenvalue weighted by molar-refractivity contribution is 5.81. The number of nitrogens with one attached hydrogen (secondary N) is 2. The number of anilines is 1. The van der Waals surface area contributed by atoms with E-state index in [2.05, 4.69) is 58.5 Å². The van der Waals surface area contributed by atoms with Crippen LogP contribution in [0.5, 0.6) is 0 Å². The van der Waals surface area contributed by atoms with Crippen LogP contribution in [0.1, 0.15) is 33.1 Å². The Morgan fingerprint density at radius 3 is 2.53 bits per heavy atom. The molecule has 166 valence electrons. The second kappa shape index (κ2) is 11.8. The summed E-state index contributed by atoms with van der Waals surface area (Å²) in [6.07, 6.45) is 2.99. The van der Waals surface area contributed by atoms with Crippen LogP contribution in [-0.2, 0) is 4.79 Å². The predicted octanol–water partition coefficient (Wildman–Crippen LogP) is 1.76. The molecule has 0 radical (unpaired) electrons. The van der Waals surface area contributed by atoms with Crippen molar-refractivity contribution >= 4 is 17.6 Å². The van der Waals surface area contributed by atoms with E-state index in [0.717, 1.165) is 51.8 Å². The molecule has 3 rings (SSSR count). The van der Waals surface area contributed by atoms with Crippen LogP contribution in [0.3, 0.4) is 0 Å². The van der Waals surface area contributed by atoms with Gasteiger partial charge in [-0.25, -0.2) is 0 Å². The number of guanidine groups is 1. The first-order valence-electron chi connectivity index (χ1n) is 11.5. The van der Waals surface area contributed by atoms with E-state index in [9.17, 15) is 4.79 Å². The molecule has 0 saturated carbocycles. The summed E-state index contributed by atoms with van der Waals surface area (Å²) in [7, 11) is 0. The first-order valence-corrected chi connectivity index (χ1v) is 11.5. The van der Waals surface area contributed by atoms with Gasteiger partial charge >= 0.3 is 0 Å². The molecule has 1 unspecified atom stereocenters. The van der Waals surface area contributed by atoms with Crippen molar-refractivity contribution < 1.29 is 4.79 Å². The topological polar surface area (TPSA) is 63.2 Å². The molecule has 7 heteroatoms. The number of para-hydroxylation sites is 1. The largest absolute Gasteiger partial charge is 0.368 e. The Labute approximate surface area is 181 Å². The predicted molar refractivity (Wildman–Crippen MR) is 124 cm³/mol. The first kappa shape index (κ1) is 22.4. The molecule has 30 heavy (non-hydrogen) atoms. The Bertz CT molecular complexity index is 672. The van der Waals surface area contributed by atoms with Crippen LogP contribution in [-0.4, -0.2) is 86.6 Å². The van der Waals surface area contributed by atoms with Gasteiger partial charge in [0.25, 0.3) is 0 Å². The van der Waals surface area contributed by atoms with Crippen molar-refractivity contribution in [3.63, 3.8) is 0 Å². The molecule has 2 aliphatic rings. The average molecular weight is 415 g/mol. The molecule has 2 heterocycles. The Morgan fingerprint density at radius 2 is 1.83 bits per heavy atom. The van der Waals surface area contributed by atoms with E-state index in [1.807, 2.05) is 11.0 Å². The molecule has 2 saturated heterocycles. The molecule has 1 atom stereocenters. The van der Waals surface area contributed by atoms with Gasteiger partial charge in [0.1, 0.15) is 0 Å². The van der Waals surface area contributed by atoms with Gasteiger partial charge in [0.05, 0.1) is 6.54 Å². The number of amides is 1. The van der Waals surface area contributed by atoms with Crippen molar-refractivity contribution in [3.05, 3.63) is 30.3 Å². The van der Waals surface area contributed by atoms with Crippen LogP contribution >= 0.6 is 0 Å². The summed E-state index contributed by atoms with van der Waals surface area (Å²) in [6, 6.07) is 11.0. The maximum Gasteiger partial charge on any atom is 0.224 e. The monoisotopic (exact) mass is 414 g/mol. The van der Waals surface area contributed by atoms with Crippen LogP contribution in [0.4, 0.5) is 5.69 Å². The molecular formula is C23H38N6O. The molecule has 1 aromatic rings. The maximum atomic E-state index is 12.6. The minimum atomic E-state index is 0.221. The van der Waals surface area contributed by atoms with E-state index in [-0.39, 0.29) is 5.91 Å². The van der Waals surface area contributed by atoms with Gasteiger partial charge in [-0.15, -0.1) is 0 Å². The van der Waals surface area contributed by atoms with Crippen molar-refractivity contribution in [2.45, 2.75) is 39.2 Å². The van der Waals surface area contributed by atoms with E-state index in [4.69, 9.17) is 4.99 Å². The summed E-state index contributed by atoms with van der Waals surface area (Å²) in [6.45, 7) is 12.2. The van der Waals surface area contributed by atoms with Crippen LogP contribution < -0.4 is 15.5 Å². The van der Waals surface area contributed by atoms with Crippen molar-refractivity contribution in [3.8, 4) is 0 Å². The Hall–Kier alpha value is -2.28. The number of likely N-dealkylation sites (tertiary alicyclic amines) is 1. The molecule has 7 nitrogen and oxygen atoms in total. The summed E-state index contributed by atoms with van der Waals surface area (Å²) in [5.74, 6) is 1.04. The fraction of sp³-hybridized carbons (Fsp3) is 0.652. The molecule has 2 fully saturated rings. The van der Waals surface area contributed by atoms with Gasteiger partial charge in [0, 0.05) is 57.4 Å². The van der Waals surface area contributed by atoms with Crippen LogP contribution in [0.25, 0.3) is 0 Å². The van der Waals surface area contributed by atoms with E-state index >= 15 is 0 Å². The molecule has 2 aliphatic heterocycles. The van der Waals surface area contributed by atoms with E-state index in [0.29, 0.717) is 19.0 Å². The minimum Gasteiger partial charge on any atom is -0.368 e. The molecule has 0 aliphatic carbocycles. The number of benzene rings is 1. The smallest absolute Gasteiger partial charge is 0.224 e. The number of aliphatic imine (C=N–C) groups is 1. The fourth-order valence-electron chi connectivity index (χ4n) is 4.36. The number of carbonyl (C=O) groups is 1. The van der Waals surface area contributed by atoms with Crippen LogP contribution in [0.15, 0.2) is 35.3 Å². The third-order valence-corrected chi connectivity index (χ3v) is 6.09. The Kier molecular flexibility index (Phi) is 8.81. The number of hydrogen-bond acceptors (Lipinski definition) is 4. The van der Waals surface area contributed by atoms with Crippen molar-refractivity contribution in [2.75, 3.05) is 63.8 Å². The quantitative estimate of drug-likeness (QED) is 0.501. The van der Waals surface area contributed by atoms with Crippen molar-refractivity contribution in [1.29, 1.82) is 0 Å². The fourth-order valence-corrected chi connectivity index (χ4v) is 4.36. The van der Waals surface area contributed by atoms with Gasteiger partial charge in [-0.05, 0) is 45.0 Å². The number of carbonyl (C=O) groups excluding carboxylic acids is 1. The molecule has 1 aromatic carbocycles. The molecule has 1 amide bonds. The van der Waals surface area contributed by atoms with E-state index < -0.39 is 0 Å². The second-order valence-corrected chi connectivity index (χ2v) is 8.02. The maximum absolute atomic E-state index is 12.6. The lowest BCUT2D eigenvalue weighted by molar-refractivity contribution is -0.131. The zero-order valence-corrected chi connectivity index (χ0v) is 18.6. The number of hydrogen-bond donors (Lipinski definition) is 2. The second-order valence-electron chi connectivity index (χ2n) is 8.02. The van der Waals surface area contributed by atoms with Gasteiger partial charge < -0.3 is 20.4 Å². The lowest BCUT2D eigenvalue weighted by Gasteiger charge is -2.36. The van der Waals surface area contributed by atoms with Crippen LogP contribution in [0.2, 0.25) is 0 Å².